The van der Waals surface area contributed by atoms with E-state index >= 15 is 0 Å². The molecule has 0 saturated carbocycles. The SMILES string of the molecule is N#Cc1ccc(/C=C/C(=O)O)c(C(F)(F)F)c1. The topological polar surface area (TPSA) is 61.1 Å². The van der Waals surface area contributed by atoms with Gasteiger partial charge < -0.3 is 5.11 Å². The van der Waals surface area contributed by atoms with E-state index in [9.17, 15) is 18.0 Å². The minimum atomic E-state index is -4.63. The molecule has 1 N–H and O–H groups in total. The molecule has 0 bridgehead atoms. The van der Waals surface area contributed by atoms with Gasteiger partial charge in [0.25, 0.3) is 0 Å². The molecule has 0 unspecified atom stereocenters. The van der Waals surface area contributed by atoms with E-state index in [1.54, 1.807) is 6.07 Å². The molecule has 88 valence electrons. The monoisotopic (exact) mass is 241 g/mol. The molecule has 0 aliphatic heterocycles. The molecule has 3 nitrogen and oxygen atoms in total. The third-order valence-electron chi connectivity index (χ3n) is 1.89. The van der Waals surface area contributed by atoms with Gasteiger partial charge in [0, 0.05) is 6.08 Å². The molecular weight excluding hydrogens is 235 g/mol. The zero-order chi connectivity index (χ0) is 13.1. The molecular formula is C11H6F3NO2. The first kappa shape index (κ1) is 12.8. The summed E-state index contributed by atoms with van der Waals surface area (Å²) in [5.74, 6) is -1.34. The van der Waals surface area contributed by atoms with Gasteiger partial charge in [-0.05, 0) is 23.8 Å². The average Bonchev–Trinajstić information content (AvgIpc) is 2.24. The minimum absolute atomic E-state index is 0.134. The molecule has 0 atom stereocenters. The molecule has 1 aromatic rings. The van der Waals surface area contributed by atoms with Crippen molar-refractivity contribution in [2.45, 2.75) is 6.18 Å². The highest BCUT2D eigenvalue weighted by Crippen LogP contribution is 2.33. The van der Waals surface area contributed by atoms with Crippen molar-refractivity contribution in [2.75, 3.05) is 0 Å². The number of hydrogen-bond donors (Lipinski definition) is 1. The lowest BCUT2D eigenvalue weighted by atomic mass is 10.0. The summed E-state index contributed by atoms with van der Waals surface area (Å²) in [5, 5.41) is 16.9. The van der Waals surface area contributed by atoms with Crippen LogP contribution < -0.4 is 0 Å². The second-order valence-electron chi connectivity index (χ2n) is 3.08. The quantitative estimate of drug-likeness (QED) is 0.809. The van der Waals surface area contributed by atoms with Gasteiger partial charge in [0.1, 0.15) is 0 Å². The summed E-state index contributed by atoms with van der Waals surface area (Å²) in [6, 6.07) is 4.52. The standard InChI is InChI=1S/C11H6F3NO2/c12-11(13,14)9-5-7(6-15)1-2-8(9)3-4-10(16)17/h1-5H,(H,16,17)/b4-3+. The molecule has 0 radical (unpaired) electrons. The van der Waals surface area contributed by atoms with Crippen LogP contribution in [0.25, 0.3) is 6.08 Å². The number of rotatable bonds is 2. The van der Waals surface area contributed by atoms with Crippen molar-refractivity contribution in [1.29, 1.82) is 5.26 Å². The van der Waals surface area contributed by atoms with Gasteiger partial charge in [-0.15, -0.1) is 0 Å². The second kappa shape index (κ2) is 4.70. The van der Waals surface area contributed by atoms with Crippen LogP contribution in [0.5, 0.6) is 0 Å². The van der Waals surface area contributed by atoms with Crippen LogP contribution >= 0.6 is 0 Å². The fourth-order valence-corrected chi connectivity index (χ4v) is 1.18. The zero-order valence-corrected chi connectivity index (χ0v) is 8.32. The van der Waals surface area contributed by atoms with Crippen LogP contribution in [0, 0.1) is 11.3 Å². The van der Waals surface area contributed by atoms with E-state index in [0.717, 1.165) is 12.1 Å². The van der Waals surface area contributed by atoms with Crippen LogP contribution in [0.4, 0.5) is 13.2 Å². The van der Waals surface area contributed by atoms with E-state index in [1.165, 1.54) is 6.07 Å². The van der Waals surface area contributed by atoms with Crippen molar-refractivity contribution in [3.8, 4) is 6.07 Å². The molecule has 1 rings (SSSR count). The number of carboxylic acid groups (broad SMARTS) is 1. The van der Waals surface area contributed by atoms with Crippen molar-refractivity contribution < 1.29 is 23.1 Å². The lowest BCUT2D eigenvalue weighted by molar-refractivity contribution is -0.138. The van der Waals surface area contributed by atoms with Gasteiger partial charge in [-0.2, -0.15) is 18.4 Å². The number of nitriles is 1. The van der Waals surface area contributed by atoms with Crippen LogP contribution in [0.2, 0.25) is 0 Å². The summed E-state index contributed by atoms with van der Waals surface area (Å²) in [6.45, 7) is 0. The Labute approximate surface area is 94.4 Å². The average molecular weight is 241 g/mol. The lowest BCUT2D eigenvalue weighted by Crippen LogP contribution is -2.08. The molecule has 17 heavy (non-hydrogen) atoms. The summed E-state index contributed by atoms with van der Waals surface area (Å²) in [6.07, 6.45) is -3.19. The highest BCUT2D eigenvalue weighted by Gasteiger charge is 2.33. The molecule has 0 heterocycles. The Morgan fingerprint density at radius 3 is 2.53 bits per heavy atom. The lowest BCUT2D eigenvalue weighted by Gasteiger charge is -2.10. The first-order chi connectivity index (χ1) is 7.84. The molecule has 0 spiro atoms. The summed E-state index contributed by atoms with van der Waals surface area (Å²) in [5.41, 5.74) is -1.46. The number of alkyl halides is 3. The third-order valence-corrected chi connectivity index (χ3v) is 1.89. The van der Waals surface area contributed by atoms with Gasteiger partial charge in [-0.25, -0.2) is 4.79 Å². The molecule has 0 aromatic heterocycles. The number of aliphatic carboxylic acids is 1. The first-order valence-electron chi connectivity index (χ1n) is 4.37. The maximum Gasteiger partial charge on any atom is 0.417 e. The number of carboxylic acids is 1. The van der Waals surface area contributed by atoms with Crippen molar-refractivity contribution in [3.05, 3.63) is 41.0 Å². The first-order valence-corrected chi connectivity index (χ1v) is 4.37. The number of hydrogen-bond acceptors (Lipinski definition) is 2. The molecule has 0 aliphatic rings. The number of halogens is 3. The number of benzene rings is 1. The normalized spacial score (nSPS) is 11.4. The Morgan fingerprint density at radius 1 is 1.41 bits per heavy atom. The van der Waals surface area contributed by atoms with E-state index in [2.05, 4.69) is 0 Å². The van der Waals surface area contributed by atoms with Crippen LogP contribution in [-0.2, 0) is 11.0 Å². The van der Waals surface area contributed by atoms with E-state index in [1.807, 2.05) is 0 Å². The Bertz CT molecular complexity index is 512. The zero-order valence-electron chi connectivity index (χ0n) is 8.32. The van der Waals surface area contributed by atoms with Crippen molar-refractivity contribution in [3.63, 3.8) is 0 Å². The molecule has 0 saturated heterocycles. The Kier molecular flexibility index (Phi) is 3.53. The van der Waals surface area contributed by atoms with E-state index in [0.29, 0.717) is 12.1 Å². The van der Waals surface area contributed by atoms with Crippen LogP contribution in [0.3, 0.4) is 0 Å². The van der Waals surface area contributed by atoms with Gasteiger partial charge in [0.2, 0.25) is 0 Å². The fourth-order valence-electron chi connectivity index (χ4n) is 1.18. The molecule has 6 heteroatoms. The van der Waals surface area contributed by atoms with Crippen molar-refractivity contribution in [1.82, 2.24) is 0 Å². The molecule has 0 aliphatic carbocycles. The number of nitrogens with zero attached hydrogens (tertiary/aromatic N) is 1. The van der Waals surface area contributed by atoms with Crippen LogP contribution in [-0.4, -0.2) is 11.1 Å². The molecule has 0 fully saturated rings. The summed E-state index contributed by atoms with van der Waals surface area (Å²) < 4.78 is 37.8. The summed E-state index contributed by atoms with van der Waals surface area (Å²) in [4.78, 5) is 10.2. The van der Waals surface area contributed by atoms with Gasteiger partial charge in [0.05, 0.1) is 17.2 Å². The van der Waals surface area contributed by atoms with Gasteiger partial charge >= 0.3 is 12.1 Å². The second-order valence-corrected chi connectivity index (χ2v) is 3.08. The predicted octanol–water partition coefficient (Wildman–Crippen LogP) is 2.67. The third kappa shape index (κ3) is 3.34. The maximum absolute atomic E-state index is 12.6. The predicted molar refractivity (Wildman–Crippen MR) is 52.8 cm³/mol. The van der Waals surface area contributed by atoms with E-state index in [4.69, 9.17) is 10.4 Å². The maximum atomic E-state index is 12.6. The molecule has 1 aromatic carbocycles. The Morgan fingerprint density at radius 2 is 2.06 bits per heavy atom. The van der Waals surface area contributed by atoms with Gasteiger partial charge in [-0.3, -0.25) is 0 Å². The smallest absolute Gasteiger partial charge is 0.417 e. The summed E-state index contributed by atoms with van der Waals surface area (Å²) in [7, 11) is 0. The number of carbonyl (C=O) groups is 1. The van der Waals surface area contributed by atoms with Gasteiger partial charge in [-0.1, -0.05) is 6.07 Å². The van der Waals surface area contributed by atoms with Crippen molar-refractivity contribution >= 4 is 12.0 Å². The molecule has 0 amide bonds. The van der Waals surface area contributed by atoms with E-state index in [-0.39, 0.29) is 11.1 Å². The largest absolute Gasteiger partial charge is 0.478 e. The summed E-state index contributed by atoms with van der Waals surface area (Å²) >= 11 is 0. The van der Waals surface area contributed by atoms with E-state index < -0.39 is 17.7 Å². The Hall–Kier alpha value is -2.29. The van der Waals surface area contributed by atoms with Crippen LogP contribution in [0.1, 0.15) is 16.7 Å². The Balaban J connectivity index is 3.31. The van der Waals surface area contributed by atoms with Crippen molar-refractivity contribution in [2.24, 2.45) is 0 Å². The highest BCUT2D eigenvalue weighted by atomic mass is 19.4. The van der Waals surface area contributed by atoms with Gasteiger partial charge in [0.15, 0.2) is 0 Å². The minimum Gasteiger partial charge on any atom is -0.478 e. The highest BCUT2D eigenvalue weighted by molar-refractivity contribution is 5.85. The fraction of sp³-hybridized carbons (Fsp3) is 0.0909. The van der Waals surface area contributed by atoms with Crippen LogP contribution in [0.15, 0.2) is 24.3 Å².